The number of rotatable bonds is 4. The zero-order valence-electron chi connectivity index (χ0n) is 18.0. The zero-order chi connectivity index (χ0) is 20.1. The minimum atomic E-state index is 0.321. The lowest BCUT2D eigenvalue weighted by Crippen LogP contribution is -2.33. The molecule has 150 valence electrons. The predicted molar refractivity (Wildman–Crippen MR) is 117 cm³/mol. The van der Waals surface area contributed by atoms with Crippen LogP contribution in [0.15, 0.2) is 24.4 Å². The van der Waals surface area contributed by atoms with Crippen molar-refractivity contribution in [1.82, 2.24) is 20.1 Å². The third-order valence-electron chi connectivity index (χ3n) is 6.44. The van der Waals surface area contributed by atoms with Crippen molar-refractivity contribution in [2.45, 2.75) is 66.3 Å². The number of fused-ring (bicyclic) bond motifs is 1. The molecule has 0 bridgehead atoms. The first-order valence-corrected chi connectivity index (χ1v) is 10.6. The quantitative estimate of drug-likeness (QED) is 0.739. The summed E-state index contributed by atoms with van der Waals surface area (Å²) in [7, 11) is 0. The summed E-state index contributed by atoms with van der Waals surface area (Å²) in [6.07, 6.45) is 9.05. The Hall–Kier alpha value is -2.23. The smallest absolute Gasteiger partial charge is 0.112 e. The maximum absolute atomic E-state index is 4.64. The number of hydrogen-bond acceptors (Lipinski definition) is 2. The lowest BCUT2D eigenvalue weighted by atomic mass is 9.88. The van der Waals surface area contributed by atoms with Crippen LogP contribution in [0.3, 0.4) is 0 Å². The molecule has 2 atom stereocenters. The van der Waals surface area contributed by atoms with Crippen LogP contribution in [-0.4, -0.2) is 32.7 Å². The predicted octanol–water partition coefficient (Wildman–Crippen LogP) is 5.49. The number of aromatic nitrogens is 3. The summed E-state index contributed by atoms with van der Waals surface area (Å²) in [5.74, 6) is 0.603. The van der Waals surface area contributed by atoms with E-state index in [9.17, 15) is 0 Å². The van der Waals surface area contributed by atoms with Gasteiger partial charge >= 0.3 is 0 Å². The van der Waals surface area contributed by atoms with Crippen molar-refractivity contribution in [3.8, 4) is 11.4 Å². The van der Waals surface area contributed by atoms with E-state index in [2.05, 4.69) is 79.5 Å². The molecule has 1 saturated heterocycles. The van der Waals surface area contributed by atoms with Crippen molar-refractivity contribution in [2.24, 2.45) is 11.3 Å². The second-order valence-electron chi connectivity index (χ2n) is 9.86. The van der Waals surface area contributed by atoms with Crippen LogP contribution >= 0.6 is 0 Å². The summed E-state index contributed by atoms with van der Waals surface area (Å²) in [5, 5.41) is 7.85. The number of nitrogens with one attached hydrogen (secondary N) is 2. The fraction of sp³-hybridized carbons (Fsp3) is 0.542. The van der Waals surface area contributed by atoms with Gasteiger partial charge in [0.1, 0.15) is 5.69 Å². The van der Waals surface area contributed by atoms with Crippen LogP contribution in [0.5, 0.6) is 0 Å². The zero-order valence-corrected chi connectivity index (χ0v) is 18.0. The molecule has 3 heterocycles. The van der Waals surface area contributed by atoms with Crippen molar-refractivity contribution in [3.05, 3.63) is 46.9 Å². The summed E-state index contributed by atoms with van der Waals surface area (Å²) in [5.41, 5.74) is 8.97. The van der Waals surface area contributed by atoms with Gasteiger partial charge < -0.3 is 9.88 Å². The maximum atomic E-state index is 4.64. The van der Waals surface area contributed by atoms with Crippen LogP contribution in [0.2, 0.25) is 0 Å². The van der Waals surface area contributed by atoms with Crippen LogP contribution in [-0.2, 0) is 12.8 Å². The standard InChI is InChI=1S/C24H34N4/c1-15-10-12-28(17(15)3)19-8-7-18-13-22(25-21(18)14-19)23-20(16(2)26-27-23)9-11-24(4,5)6/h7-8,13,15,19,25H,3,9-12,14H2,1-2,4-6H3,(H,26,27). The van der Waals surface area contributed by atoms with E-state index in [1.165, 1.54) is 34.6 Å². The fourth-order valence-electron chi connectivity index (χ4n) is 4.45. The highest BCUT2D eigenvalue weighted by molar-refractivity contribution is 5.68. The van der Waals surface area contributed by atoms with Crippen molar-refractivity contribution in [2.75, 3.05) is 6.54 Å². The minimum Gasteiger partial charge on any atom is -0.368 e. The van der Waals surface area contributed by atoms with E-state index in [-0.39, 0.29) is 0 Å². The summed E-state index contributed by atoms with van der Waals surface area (Å²) >= 11 is 0. The van der Waals surface area contributed by atoms with Crippen LogP contribution in [0, 0.1) is 18.3 Å². The molecule has 0 radical (unpaired) electrons. The molecule has 0 spiro atoms. The van der Waals surface area contributed by atoms with Gasteiger partial charge in [0.05, 0.1) is 11.7 Å². The lowest BCUT2D eigenvalue weighted by Gasteiger charge is -2.30. The van der Waals surface area contributed by atoms with E-state index in [0.29, 0.717) is 17.4 Å². The third-order valence-corrected chi connectivity index (χ3v) is 6.44. The number of allylic oxidation sites excluding steroid dienone is 1. The van der Waals surface area contributed by atoms with Gasteiger partial charge in [-0.15, -0.1) is 0 Å². The molecule has 2 aliphatic rings. The molecule has 2 aromatic heterocycles. The second-order valence-corrected chi connectivity index (χ2v) is 9.86. The molecule has 4 heteroatoms. The van der Waals surface area contributed by atoms with Gasteiger partial charge in [0.2, 0.25) is 0 Å². The summed E-state index contributed by atoms with van der Waals surface area (Å²) in [6, 6.07) is 2.68. The fourth-order valence-corrected chi connectivity index (χ4v) is 4.45. The third kappa shape index (κ3) is 3.57. The number of likely N-dealkylation sites (tertiary alicyclic amines) is 1. The summed E-state index contributed by atoms with van der Waals surface area (Å²) in [6.45, 7) is 16.8. The molecule has 4 rings (SSSR count). The Morgan fingerprint density at radius 2 is 2.11 bits per heavy atom. The first kappa shape index (κ1) is 19.1. The second kappa shape index (κ2) is 6.98. The van der Waals surface area contributed by atoms with Gasteiger partial charge in [0.25, 0.3) is 0 Å². The monoisotopic (exact) mass is 378 g/mol. The molecule has 2 unspecified atom stereocenters. The number of nitrogens with zero attached hydrogens (tertiary/aromatic N) is 2. The maximum Gasteiger partial charge on any atom is 0.112 e. The average Bonchev–Trinajstić information content (AvgIpc) is 3.30. The Balaban J connectivity index is 1.56. The van der Waals surface area contributed by atoms with E-state index >= 15 is 0 Å². The van der Waals surface area contributed by atoms with E-state index in [0.717, 1.165) is 37.2 Å². The highest BCUT2D eigenvalue weighted by Crippen LogP contribution is 2.35. The Labute approximate surface area is 169 Å². The largest absolute Gasteiger partial charge is 0.368 e. The van der Waals surface area contributed by atoms with Gasteiger partial charge in [-0.05, 0) is 49.1 Å². The summed E-state index contributed by atoms with van der Waals surface area (Å²) in [4.78, 5) is 6.17. The van der Waals surface area contributed by atoms with E-state index in [1.807, 2.05) is 0 Å². The van der Waals surface area contributed by atoms with Crippen LogP contribution in [0.4, 0.5) is 0 Å². The minimum absolute atomic E-state index is 0.321. The Kier molecular flexibility index (Phi) is 4.76. The van der Waals surface area contributed by atoms with E-state index in [1.54, 1.807) is 0 Å². The van der Waals surface area contributed by atoms with Crippen molar-refractivity contribution in [1.29, 1.82) is 0 Å². The molecule has 2 N–H and O–H groups in total. The van der Waals surface area contributed by atoms with Gasteiger partial charge in [-0.25, -0.2) is 0 Å². The Morgan fingerprint density at radius 1 is 1.32 bits per heavy atom. The number of aryl methyl sites for hydroxylation is 1. The van der Waals surface area contributed by atoms with Gasteiger partial charge in [0.15, 0.2) is 0 Å². The van der Waals surface area contributed by atoms with E-state index < -0.39 is 0 Å². The molecule has 1 aliphatic carbocycles. The first-order chi connectivity index (χ1) is 13.2. The van der Waals surface area contributed by atoms with Crippen molar-refractivity contribution in [3.63, 3.8) is 0 Å². The van der Waals surface area contributed by atoms with Gasteiger partial charge in [-0.3, -0.25) is 5.10 Å². The molecule has 1 aliphatic heterocycles. The SMILES string of the molecule is C=C1C(C)CCN1C1C=Cc2cc(-c3n[nH]c(C)c3CCC(C)(C)C)[nH]c2C1. The molecule has 2 aromatic rings. The molecule has 1 fully saturated rings. The highest BCUT2D eigenvalue weighted by Gasteiger charge is 2.30. The first-order valence-electron chi connectivity index (χ1n) is 10.6. The van der Waals surface area contributed by atoms with Gasteiger partial charge in [0, 0.05) is 35.6 Å². The molecule has 0 amide bonds. The van der Waals surface area contributed by atoms with Crippen LogP contribution in [0.25, 0.3) is 17.5 Å². The summed E-state index contributed by atoms with van der Waals surface area (Å²) < 4.78 is 0. The molecule has 4 nitrogen and oxygen atoms in total. The number of hydrogen-bond donors (Lipinski definition) is 2. The molecular weight excluding hydrogens is 344 g/mol. The van der Waals surface area contributed by atoms with Crippen molar-refractivity contribution < 1.29 is 0 Å². The van der Waals surface area contributed by atoms with Crippen LogP contribution < -0.4 is 0 Å². The van der Waals surface area contributed by atoms with Crippen molar-refractivity contribution >= 4 is 6.08 Å². The number of aromatic amines is 2. The highest BCUT2D eigenvalue weighted by atomic mass is 15.2. The topological polar surface area (TPSA) is 47.7 Å². The van der Waals surface area contributed by atoms with Gasteiger partial charge in [-0.2, -0.15) is 5.10 Å². The van der Waals surface area contributed by atoms with Crippen LogP contribution in [0.1, 0.15) is 63.1 Å². The molecule has 28 heavy (non-hydrogen) atoms. The molecule has 0 aromatic carbocycles. The molecular formula is C24H34N4. The van der Waals surface area contributed by atoms with Gasteiger partial charge in [-0.1, -0.05) is 46.4 Å². The Morgan fingerprint density at radius 3 is 2.79 bits per heavy atom. The Bertz CT molecular complexity index is 906. The number of H-pyrrole nitrogens is 2. The van der Waals surface area contributed by atoms with E-state index in [4.69, 9.17) is 0 Å². The molecule has 0 saturated carbocycles. The lowest BCUT2D eigenvalue weighted by molar-refractivity contribution is 0.326. The normalized spacial score (nSPS) is 22.2. The average molecular weight is 379 g/mol.